The molecule has 0 unspecified atom stereocenters. The van der Waals surface area contributed by atoms with Gasteiger partial charge in [0.1, 0.15) is 0 Å². The van der Waals surface area contributed by atoms with Gasteiger partial charge < -0.3 is 15.8 Å². The van der Waals surface area contributed by atoms with Gasteiger partial charge in [0.15, 0.2) is 6.61 Å². The standard InChI is InChI=1S/C20H22N4O7S/c21-18-12-15(24(27)28)7-8-17(18)20(26)31-13-19(25)22-14-5-4-6-16(11-14)32(29,30)23-9-2-1-3-10-23/h4-8,11-12H,1-3,9-10,13,21H2,(H,22,25). The van der Waals surface area contributed by atoms with Crippen molar-refractivity contribution in [2.24, 2.45) is 0 Å². The Bertz CT molecular complexity index is 1140. The number of sulfonamides is 1. The Morgan fingerprint density at radius 1 is 1.12 bits per heavy atom. The van der Waals surface area contributed by atoms with Crippen molar-refractivity contribution >= 4 is 39.0 Å². The molecule has 0 saturated carbocycles. The third-order valence-electron chi connectivity index (χ3n) is 4.87. The molecule has 1 aliphatic heterocycles. The molecule has 0 radical (unpaired) electrons. The van der Waals surface area contributed by atoms with Gasteiger partial charge in [-0.1, -0.05) is 12.5 Å². The number of nitro groups is 1. The second-order valence-corrected chi connectivity index (χ2v) is 9.08. The summed E-state index contributed by atoms with van der Waals surface area (Å²) in [5.74, 6) is -1.61. The number of nitrogens with zero attached hydrogens (tertiary/aromatic N) is 2. The number of carbonyl (C=O) groups is 2. The van der Waals surface area contributed by atoms with Crippen LogP contribution < -0.4 is 11.1 Å². The number of anilines is 2. The van der Waals surface area contributed by atoms with Crippen LogP contribution in [0.15, 0.2) is 47.4 Å². The van der Waals surface area contributed by atoms with Crippen molar-refractivity contribution in [2.75, 3.05) is 30.7 Å². The predicted molar refractivity (Wildman–Crippen MR) is 115 cm³/mol. The normalized spacial score (nSPS) is 14.5. The number of piperidine rings is 1. The minimum Gasteiger partial charge on any atom is -0.452 e. The summed E-state index contributed by atoms with van der Waals surface area (Å²) in [6.07, 6.45) is 2.60. The molecule has 1 heterocycles. The van der Waals surface area contributed by atoms with Gasteiger partial charge in [0.05, 0.1) is 21.1 Å². The largest absolute Gasteiger partial charge is 0.452 e. The Morgan fingerprint density at radius 2 is 1.84 bits per heavy atom. The van der Waals surface area contributed by atoms with Crippen LogP contribution in [-0.4, -0.2) is 49.2 Å². The van der Waals surface area contributed by atoms with Crippen molar-refractivity contribution in [3.8, 4) is 0 Å². The minimum absolute atomic E-state index is 0.0628. The minimum atomic E-state index is -3.66. The van der Waals surface area contributed by atoms with Crippen molar-refractivity contribution in [3.05, 3.63) is 58.1 Å². The maximum absolute atomic E-state index is 12.8. The van der Waals surface area contributed by atoms with Gasteiger partial charge in [0.25, 0.3) is 11.6 Å². The molecule has 1 aliphatic rings. The van der Waals surface area contributed by atoms with Gasteiger partial charge in [-0.05, 0) is 37.1 Å². The fourth-order valence-corrected chi connectivity index (χ4v) is 4.81. The number of hydrogen-bond donors (Lipinski definition) is 2. The highest BCUT2D eigenvalue weighted by Gasteiger charge is 2.26. The predicted octanol–water partition coefficient (Wildman–Crippen LogP) is 2.15. The van der Waals surface area contributed by atoms with Gasteiger partial charge in [-0.15, -0.1) is 0 Å². The molecule has 1 amide bonds. The van der Waals surface area contributed by atoms with Gasteiger partial charge >= 0.3 is 5.97 Å². The molecule has 1 saturated heterocycles. The lowest BCUT2D eigenvalue weighted by Crippen LogP contribution is -2.35. The molecular weight excluding hydrogens is 440 g/mol. The molecule has 11 nitrogen and oxygen atoms in total. The van der Waals surface area contributed by atoms with Gasteiger partial charge in [0, 0.05) is 30.9 Å². The summed E-state index contributed by atoms with van der Waals surface area (Å²) in [6, 6.07) is 9.09. The molecular formula is C20H22N4O7S. The SMILES string of the molecule is Nc1cc([N+](=O)[O-])ccc1C(=O)OCC(=O)Nc1cccc(S(=O)(=O)N2CCCCC2)c1. The summed E-state index contributed by atoms with van der Waals surface area (Å²) in [5.41, 5.74) is 5.33. The fourth-order valence-electron chi connectivity index (χ4n) is 3.24. The summed E-state index contributed by atoms with van der Waals surface area (Å²) in [6.45, 7) is 0.264. The van der Waals surface area contributed by atoms with Gasteiger partial charge in [-0.2, -0.15) is 4.31 Å². The zero-order chi connectivity index (χ0) is 23.3. The lowest BCUT2D eigenvalue weighted by molar-refractivity contribution is -0.384. The van der Waals surface area contributed by atoms with Crippen molar-refractivity contribution in [1.29, 1.82) is 0 Å². The van der Waals surface area contributed by atoms with Crippen LogP contribution in [0.5, 0.6) is 0 Å². The molecule has 0 aliphatic carbocycles. The zero-order valence-corrected chi connectivity index (χ0v) is 17.8. The number of esters is 1. The van der Waals surface area contributed by atoms with Crippen LogP contribution in [0.25, 0.3) is 0 Å². The first-order chi connectivity index (χ1) is 15.2. The molecule has 0 aromatic heterocycles. The molecule has 170 valence electrons. The lowest BCUT2D eigenvalue weighted by Gasteiger charge is -2.26. The van der Waals surface area contributed by atoms with Crippen LogP contribution in [0, 0.1) is 10.1 Å². The number of amides is 1. The molecule has 3 rings (SSSR count). The van der Waals surface area contributed by atoms with Crippen LogP contribution in [0.3, 0.4) is 0 Å². The first-order valence-corrected chi connectivity index (χ1v) is 11.2. The van der Waals surface area contributed by atoms with Crippen LogP contribution in [-0.2, 0) is 19.6 Å². The summed E-state index contributed by atoms with van der Waals surface area (Å²) >= 11 is 0. The summed E-state index contributed by atoms with van der Waals surface area (Å²) in [5, 5.41) is 13.2. The van der Waals surface area contributed by atoms with Gasteiger partial charge in [-0.25, -0.2) is 13.2 Å². The number of hydrogen-bond acceptors (Lipinski definition) is 8. The number of nitro benzene ring substituents is 1. The number of nitrogens with two attached hydrogens (primary N) is 1. The van der Waals surface area contributed by atoms with E-state index in [2.05, 4.69) is 5.32 Å². The van der Waals surface area contributed by atoms with E-state index in [-0.39, 0.29) is 27.5 Å². The van der Waals surface area contributed by atoms with E-state index < -0.39 is 33.4 Å². The van der Waals surface area contributed by atoms with E-state index in [1.165, 1.54) is 28.6 Å². The number of carbonyl (C=O) groups excluding carboxylic acids is 2. The summed E-state index contributed by atoms with van der Waals surface area (Å²) < 4.78 is 31.9. The van der Waals surface area contributed by atoms with E-state index >= 15 is 0 Å². The van der Waals surface area contributed by atoms with Crippen LogP contribution in [0.4, 0.5) is 17.1 Å². The molecule has 0 bridgehead atoms. The Balaban J connectivity index is 1.61. The average Bonchev–Trinajstić information content (AvgIpc) is 2.78. The molecule has 12 heteroatoms. The van der Waals surface area contributed by atoms with Crippen LogP contribution in [0.1, 0.15) is 29.6 Å². The Hall–Kier alpha value is -3.51. The van der Waals surface area contributed by atoms with Crippen LogP contribution >= 0.6 is 0 Å². The van der Waals surface area contributed by atoms with Crippen LogP contribution in [0.2, 0.25) is 0 Å². The molecule has 2 aromatic rings. The number of nitrogens with one attached hydrogen (secondary N) is 1. The molecule has 0 spiro atoms. The summed E-state index contributed by atoms with van der Waals surface area (Å²) in [4.78, 5) is 34.4. The molecule has 1 fully saturated rings. The summed E-state index contributed by atoms with van der Waals surface area (Å²) in [7, 11) is -3.66. The number of nitrogen functional groups attached to an aromatic ring is 1. The van der Waals surface area contributed by atoms with E-state index in [1.54, 1.807) is 0 Å². The monoisotopic (exact) mass is 462 g/mol. The Kier molecular flexibility index (Phi) is 7.05. The molecule has 3 N–H and O–H groups in total. The van der Waals surface area contributed by atoms with E-state index in [9.17, 15) is 28.1 Å². The highest BCUT2D eigenvalue weighted by atomic mass is 32.2. The quantitative estimate of drug-likeness (QED) is 0.274. The smallest absolute Gasteiger partial charge is 0.340 e. The Morgan fingerprint density at radius 3 is 2.50 bits per heavy atom. The average molecular weight is 462 g/mol. The van der Waals surface area contributed by atoms with E-state index in [0.29, 0.717) is 13.1 Å². The highest BCUT2D eigenvalue weighted by Crippen LogP contribution is 2.23. The third-order valence-corrected chi connectivity index (χ3v) is 6.77. The number of non-ortho nitro benzene ring substituents is 1. The van der Waals surface area contributed by atoms with Crippen molar-refractivity contribution < 1.29 is 27.7 Å². The molecule has 0 atom stereocenters. The second-order valence-electron chi connectivity index (χ2n) is 7.15. The number of ether oxygens (including phenoxy) is 1. The first kappa shape index (κ1) is 23.2. The van der Waals surface area contributed by atoms with E-state index in [4.69, 9.17) is 10.5 Å². The number of rotatable bonds is 7. The lowest BCUT2D eigenvalue weighted by atomic mass is 10.1. The second kappa shape index (κ2) is 9.75. The first-order valence-electron chi connectivity index (χ1n) is 9.79. The maximum atomic E-state index is 12.8. The van der Waals surface area contributed by atoms with Crippen molar-refractivity contribution in [3.63, 3.8) is 0 Å². The maximum Gasteiger partial charge on any atom is 0.340 e. The van der Waals surface area contributed by atoms with E-state index in [1.807, 2.05) is 0 Å². The fraction of sp³-hybridized carbons (Fsp3) is 0.300. The highest BCUT2D eigenvalue weighted by molar-refractivity contribution is 7.89. The molecule has 32 heavy (non-hydrogen) atoms. The third kappa shape index (κ3) is 5.39. The van der Waals surface area contributed by atoms with Crippen molar-refractivity contribution in [2.45, 2.75) is 24.2 Å². The Labute approximate surface area is 184 Å². The molecule has 2 aromatic carbocycles. The topological polar surface area (TPSA) is 162 Å². The number of benzene rings is 2. The van der Waals surface area contributed by atoms with Gasteiger partial charge in [0.2, 0.25) is 10.0 Å². The van der Waals surface area contributed by atoms with Gasteiger partial charge in [-0.3, -0.25) is 14.9 Å². The zero-order valence-electron chi connectivity index (χ0n) is 17.0. The van der Waals surface area contributed by atoms with E-state index in [0.717, 1.165) is 37.5 Å². The van der Waals surface area contributed by atoms with Crippen molar-refractivity contribution in [1.82, 2.24) is 4.31 Å².